The minimum atomic E-state index is 0.135. The second kappa shape index (κ2) is 3.74. The topological polar surface area (TPSA) is 80.3 Å². The average molecular weight is 220 g/mol. The van der Waals surface area contributed by atoms with Crippen LogP contribution in [0, 0.1) is 11.3 Å². The van der Waals surface area contributed by atoms with Crippen molar-refractivity contribution in [1.29, 1.82) is 5.26 Å². The zero-order valence-electron chi connectivity index (χ0n) is 8.25. The highest BCUT2D eigenvalue weighted by atomic mass is 32.1. The molecule has 0 fully saturated rings. The first kappa shape index (κ1) is 9.73. The van der Waals surface area contributed by atoms with Crippen molar-refractivity contribution < 1.29 is 0 Å². The summed E-state index contributed by atoms with van der Waals surface area (Å²) in [5, 5.41) is 13.1. The number of hydrogen-bond acceptors (Lipinski definition) is 6. The molecule has 15 heavy (non-hydrogen) atoms. The lowest BCUT2D eigenvalue weighted by atomic mass is 10.2. The third-order valence-corrected chi connectivity index (χ3v) is 2.46. The van der Waals surface area contributed by atoms with Crippen LogP contribution in [0.2, 0.25) is 0 Å². The molecule has 0 radical (unpaired) electrons. The first-order valence-electron chi connectivity index (χ1n) is 4.36. The van der Waals surface area contributed by atoms with E-state index in [0.29, 0.717) is 5.13 Å². The monoisotopic (exact) mass is 220 g/mol. The third kappa shape index (κ3) is 1.85. The highest BCUT2D eigenvalue weighted by Crippen LogP contribution is 2.15. The van der Waals surface area contributed by atoms with Gasteiger partial charge in [0.05, 0.1) is 0 Å². The highest BCUT2D eigenvalue weighted by Gasteiger charge is 2.10. The summed E-state index contributed by atoms with van der Waals surface area (Å²) < 4.78 is 5.65. The van der Waals surface area contributed by atoms with E-state index in [1.165, 1.54) is 22.5 Å². The van der Waals surface area contributed by atoms with E-state index in [1.54, 1.807) is 0 Å². The Kier molecular flexibility index (Phi) is 2.43. The van der Waals surface area contributed by atoms with Crippen molar-refractivity contribution >= 4 is 11.5 Å². The largest absolute Gasteiger partial charge is 0.252 e. The molecule has 0 atom stereocenters. The molecular formula is C8H8N6S. The van der Waals surface area contributed by atoms with Crippen LogP contribution in [0.3, 0.4) is 0 Å². The highest BCUT2D eigenvalue weighted by molar-refractivity contribution is 7.08. The first-order valence-corrected chi connectivity index (χ1v) is 5.14. The van der Waals surface area contributed by atoms with Crippen LogP contribution in [0.15, 0.2) is 6.33 Å². The van der Waals surface area contributed by atoms with Gasteiger partial charge in [0, 0.05) is 17.5 Å². The van der Waals surface area contributed by atoms with Crippen LogP contribution in [-0.2, 0) is 0 Å². The third-order valence-electron chi connectivity index (χ3n) is 1.74. The molecule has 7 heteroatoms. The van der Waals surface area contributed by atoms with Crippen LogP contribution >= 0.6 is 11.5 Å². The van der Waals surface area contributed by atoms with Crippen molar-refractivity contribution in [3.05, 3.63) is 18.0 Å². The minimum absolute atomic E-state index is 0.135. The second-order valence-corrected chi connectivity index (χ2v) is 3.94. The van der Waals surface area contributed by atoms with E-state index in [1.807, 2.05) is 19.9 Å². The van der Waals surface area contributed by atoms with Crippen molar-refractivity contribution in [2.75, 3.05) is 0 Å². The summed E-state index contributed by atoms with van der Waals surface area (Å²) in [6.07, 6.45) is 1.46. The normalized spacial score (nSPS) is 10.5. The van der Waals surface area contributed by atoms with Crippen LogP contribution < -0.4 is 0 Å². The SMILES string of the molecule is CC(C)c1nsc(-n2cnc(C#N)n2)n1. The number of nitrogens with zero attached hydrogens (tertiary/aromatic N) is 6. The van der Waals surface area contributed by atoms with Gasteiger partial charge < -0.3 is 0 Å². The van der Waals surface area contributed by atoms with E-state index in [0.717, 1.165) is 5.82 Å². The molecule has 6 nitrogen and oxygen atoms in total. The molecule has 0 aliphatic carbocycles. The van der Waals surface area contributed by atoms with Crippen molar-refractivity contribution in [3.8, 4) is 11.2 Å². The molecule has 0 amide bonds. The Labute approximate surface area is 90.4 Å². The Balaban J connectivity index is 2.34. The summed E-state index contributed by atoms with van der Waals surface area (Å²) >= 11 is 1.24. The lowest BCUT2D eigenvalue weighted by molar-refractivity contribution is 0.780. The lowest BCUT2D eigenvalue weighted by Crippen LogP contribution is -1.96. The van der Waals surface area contributed by atoms with Gasteiger partial charge in [0.1, 0.15) is 18.2 Å². The van der Waals surface area contributed by atoms with E-state index >= 15 is 0 Å². The summed E-state index contributed by atoms with van der Waals surface area (Å²) in [5.41, 5.74) is 0. The van der Waals surface area contributed by atoms with Gasteiger partial charge in [0.15, 0.2) is 0 Å². The molecule has 0 unspecified atom stereocenters. The van der Waals surface area contributed by atoms with Gasteiger partial charge in [-0.05, 0) is 0 Å². The molecule has 0 aliphatic rings. The van der Waals surface area contributed by atoms with Crippen molar-refractivity contribution in [1.82, 2.24) is 24.1 Å². The van der Waals surface area contributed by atoms with Crippen LogP contribution in [0.5, 0.6) is 0 Å². The maximum Gasteiger partial charge on any atom is 0.252 e. The molecule has 0 bridgehead atoms. The van der Waals surface area contributed by atoms with Crippen LogP contribution in [0.25, 0.3) is 5.13 Å². The molecule has 0 aliphatic heterocycles. The predicted molar refractivity (Wildman–Crippen MR) is 53.6 cm³/mol. The first-order chi connectivity index (χ1) is 7.20. The molecule has 2 aromatic rings. The van der Waals surface area contributed by atoms with Gasteiger partial charge in [-0.25, -0.2) is 9.97 Å². The van der Waals surface area contributed by atoms with Gasteiger partial charge in [-0.1, -0.05) is 13.8 Å². The van der Waals surface area contributed by atoms with E-state index < -0.39 is 0 Å². The van der Waals surface area contributed by atoms with Crippen molar-refractivity contribution in [2.24, 2.45) is 0 Å². The van der Waals surface area contributed by atoms with Gasteiger partial charge in [-0.2, -0.15) is 14.3 Å². The van der Waals surface area contributed by atoms with Crippen LogP contribution in [-0.4, -0.2) is 24.1 Å². The summed E-state index contributed by atoms with van der Waals surface area (Å²) in [4.78, 5) is 8.08. The van der Waals surface area contributed by atoms with E-state index in [9.17, 15) is 0 Å². The molecule has 2 heterocycles. The van der Waals surface area contributed by atoms with Crippen LogP contribution in [0.1, 0.15) is 31.4 Å². The zero-order valence-corrected chi connectivity index (χ0v) is 9.06. The Hall–Kier alpha value is -1.81. The molecule has 0 aromatic carbocycles. The van der Waals surface area contributed by atoms with Gasteiger partial charge in [-0.15, -0.1) is 5.10 Å². The molecule has 2 rings (SSSR count). The van der Waals surface area contributed by atoms with Gasteiger partial charge in [-0.3, -0.25) is 0 Å². The Bertz CT molecular complexity index is 505. The van der Waals surface area contributed by atoms with Crippen LogP contribution in [0.4, 0.5) is 0 Å². The number of rotatable bonds is 2. The van der Waals surface area contributed by atoms with E-state index in [4.69, 9.17) is 5.26 Å². The number of hydrogen-bond donors (Lipinski definition) is 0. The second-order valence-electron chi connectivity index (χ2n) is 3.21. The molecule has 0 saturated heterocycles. The molecule has 2 aromatic heterocycles. The lowest BCUT2D eigenvalue weighted by Gasteiger charge is -1.94. The summed E-state index contributed by atoms with van der Waals surface area (Å²) in [6, 6.07) is 1.86. The van der Waals surface area contributed by atoms with Crippen molar-refractivity contribution in [2.45, 2.75) is 19.8 Å². The molecule has 76 valence electrons. The molecule has 0 spiro atoms. The van der Waals surface area contributed by atoms with E-state index in [-0.39, 0.29) is 11.7 Å². The van der Waals surface area contributed by atoms with E-state index in [2.05, 4.69) is 19.4 Å². The van der Waals surface area contributed by atoms with Crippen molar-refractivity contribution in [3.63, 3.8) is 0 Å². The van der Waals surface area contributed by atoms with Gasteiger partial charge in [0.2, 0.25) is 5.13 Å². The fourth-order valence-electron chi connectivity index (χ4n) is 0.960. The maximum atomic E-state index is 8.57. The summed E-state index contributed by atoms with van der Waals surface area (Å²) in [6.45, 7) is 4.04. The summed E-state index contributed by atoms with van der Waals surface area (Å²) in [5.74, 6) is 1.20. The quantitative estimate of drug-likeness (QED) is 0.757. The fourth-order valence-corrected chi connectivity index (χ4v) is 1.69. The molecule has 0 saturated carbocycles. The summed E-state index contributed by atoms with van der Waals surface area (Å²) in [7, 11) is 0. The van der Waals surface area contributed by atoms with Gasteiger partial charge in [0.25, 0.3) is 5.82 Å². The molecule has 0 N–H and O–H groups in total. The smallest absolute Gasteiger partial charge is 0.206 e. The Morgan fingerprint density at radius 1 is 1.53 bits per heavy atom. The minimum Gasteiger partial charge on any atom is -0.206 e. The fraction of sp³-hybridized carbons (Fsp3) is 0.375. The van der Waals surface area contributed by atoms with Gasteiger partial charge >= 0.3 is 0 Å². The zero-order chi connectivity index (χ0) is 10.8. The Morgan fingerprint density at radius 3 is 2.87 bits per heavy atom. The molecular weight excluding hydrogens is 212 g/mol. The standard InChI is InChI=1S/C8H8N6S/c1-5(2)7-11-8(15-13-7)14-4-10-6(3-9)12-14/h4-5H,1-2H3. The maximum absolute atomic E-state index is 8.57. The average Bonchev–Trinajstić information content (AvgIpc) is 2.86. The predicted octanol–water partition coefficient (Wildman–Crippen LogP) is 1.11. The Morgan fingerprint density at radius 2 is 2.33 bits per heavy atom. The number of aromatic nitrogens is 5. The number of nitriles is 1.